The van der Waals surface area contributed by atoms with Crippen LogP contribution < -0.4 is 0 Å². The van der Waals surface area contributed by atoms with Gasteiger partial charge in [-0.1, -0.05) is 44.2 Å². The SMILES string of the molecule is Cc1cc(C(=O)N2CCn3nc(-c4ccccc4)nc3[C@@H]2C(C)C)n(C)n1. The Morgan fingerprint density at radius 1 is 1.15 bits per heavy atom. The van der Waals surface area contributed by atoms with Crippen LogP contribution in [0.25, 0.3) is 11.4 Å². The summed E-state index contributed by atoms with van der Waals surface area (Å²) >= 11 is 0. The molecule has 27 heavy (non-hydrogen) atoms. The number of amides is 1. The van der Waals surface area contributed by atoms with Crippen LogP contribution in [0.3, 0.4) is 0 Å². The van der Waals surface area contributed by atoms with Gasteiger partial charge < -0.3 is 4.90 Å². The maximum Gasteiger partial charge on any atom is 0.272 e. The summed E-state index contributed by atoms with van der Waals surface area (Å²) in [6.45, 7) is 7.38. The second-order valence-corrected chi connectivity index (χ2v) is 7.36. The monoisotopic (exact) mass is 364 g/mol. The van der Waals surface area contributed by atoms with Gasteiger partial charge in [-0.25, -0.2) is 9.67 Å². The molecule has 0 saturated carbocycles. The average Bonchev–Trinajstić information content (AvgIpc) is 3.23. The van der Waals surface area contributed by atoms with Gasteiger partial charge in [0.1, 0.15) is 5.69 Å². The number of aryl methyl sites for hydroxylation is 2. The number of rotatable bonds is 3. The Balaban J connectivity index is 1.72. The molecule has 0 N–H and O–H groups in total. The molecular formula is C20H24N6O. The maximum absolute atomic E-state index is 13.2. The van der Waals surface area contributed by atoms with Gasteiger partial charge >= 0.3 is 0 Å². The molecule has 4 rings (SSSR count). The Bertz CT molecular complexity index is 972. The maximum atomic E-state index is 13.2. The van der Waals surface area contributed by atoms with E-state index in [-0.39, 0.29) is 17.9 Å². The van der Waals surface area contributed by atoms with Gasteiger partial charge in [0.05, 0.1) is 18.3 Å². The largest absolute Gasteiger partial charge is 0.325 e. The normalized spacial score (nSPS) is 16.6. The van der Waals surface area contributed by atoms with Crippen LogP contribution in [0.4, 0.5) is 0 Å². The van der Waals surface area contributed by atoms with Crippen molar-refractivity contribution in [2.45, 2.75) is 33.4 Å². The topological polar surface area (TPSA) is 68.8 Å². The molecule has 7 heteroatoms. The molecule has 3 aromatic rings. The number of hydrogen-bond acceptors (Lipinski definition) is 4. The van der Waals surface area contributed by atoms with E-state index in [0.717, 1.165) is 17.1 Å². The molecule has 140 valence electrons. The van der Waals surface area contributed by atoms with Crippen LogP contribution in [-0.2, 0) is 13.6 Å². The summed E-state index contributed by atoms with van der Waals surface area (Å²) in [5, 5.41) is 9.01. The van der Waals surface area contributed by atoms with Crippen molar-refractivity contribution in [1.29, 1.82) is 0 Å². The van der Waals surface area contributed by atoms with Gasteiger partial charge in [-0.15, -0.1) is 0 Å². The highest BCUT2D eigenvalue weighted by atomic mass is 16.2. The molecule has 0 bridgehead atoms. The van der Waals surface area contributed by atoms with Crippen molar-refractivity contribution in [2.24, 2.45) is 13.0 Å². The van der Waals surface area contributed by atoms with Crippen LogP contribution in [0.5, 0.6) is 0 Å². The first-order valence-corrected chi connectivity index (χ1v) is 9.27. The fourth-order valence-corrected chi connectivity index (χ4v) is 3.77. The zero-order valence-electron chi connectivity index (χ0n) is 16.1. The van der Waals surface area contributed by atoms with Crippen molar-refractivity contribution in [3.8, 4) is 11.4 Å². The lowest BCUT2D eigenvalue weighted by Crippen LogP contribution is -2.45. The minimum absolute atomic E-state index is 0.00712. The summed E-state index contributed by atoms with van der Waals surface area (Å²) in [6.07, 6.45) is 0. The fourth-order valence-electron chi connectivity index (χ4n) is 3.77. The lowest BCUT2D eigenvalue weighted by atomic mass is 9.99. The number of carbonyl (C=O) groups excluding carboxylic acids is 1. The Labute approximate surface area is 158 Å². The molecule has 7 nitrogen and oxygen atoms in total. The number of carbonyl (C=O) groups is 1. The van der Waals surface area contributed by atoms with E-state index in [0.29, 0.717) is 24.6 Å². The van der Waals surface area contributed by atoms with E-state index in [4.69, 9.17) is 10.1 Å². The van der Waals surface area contributed by atoms with E-state index in [9.17, 15) is 4.79 Å². The van der Waals surface area contributed by atoms with E-state index in [2.05, 4.69) is 18.9 Å². The minimum atomic E-state index is -0.119. The van der Waals surface area contributed by atoms with Gasteiger partial charge in [0, 0.05) is 19.2 Å². The number of hydrogen-bond donors (Lipinski definition) is 0. The standard InChI is InChI=1S/C20H24N6O/c1-13(2)17-19-21-18(15-8-6-5-7-9-15)23-26(19)11-10-25(17)20(27)16-12-14(3)22-24(16)4/h5-9,12-13,17H,10-11H2,1-4H3/t17-/m0/s1. The van der Waals surface area contributed by atoms with Crippen LogP contribution in [0.1, 0.15) is 41.9 Å². The summed E-state index contributed by atoms with van der Waals surface area (Å²) < 4.78 is 3.61. The van der Waals surface area contributed by atoms with Crippen molar-refractivity contribution in [3.63, 3.8) is 0 Å². The molecule has 0 aliphatic carbocycles. The fraction of sp³-hybridized carbons (Fsp3) is 0.400. The van der Waals surface area contributed by atoms with Crippen molar-refractivity contribution >= 4 is 5.91 Å². The Morgan fingerprint density at radius 3 is 2.52 bits per heavy atom. The molecule has 0 saturated heterocycles. The molecule has 1 aromatic carbocycles. The Kier molecular flexibility index (Phi) is 4.30. The van der Waals surface area contributed by atoms with Crippen LogP contribution >= 0.6 is 0 Å². The van der Waals surface area contributed by atoms with Gasteiger partial charge in [-0.2, -0.15) is 10.2 Å². The van der Waals surface area contributed by atoms with Crippen LogP contribution in [0.2, 0.25) is 0 Å². The van der Waals surface area contributed by atoms with Crippen molar-refractivity contribution in [1.82, 2.24) is 29.4 Å². The molecule has 1 atom stereocenters. The predicted molar refractivity (Wildman–Crippen MR) is 102 cm³/mol. The molecule has 0 unspecified atom stereocenters. The molecule has 1 aliphatic rings. The number of nitrogens with zero attached hydrogens (tertiary/aromatic N) is 6. The first kappa shape index (κ1) is 17.5. The summed E-state index contributed by atoms with van der Waals surface area (Å²) in [4.78, 5) is 20.0. The second-order valence-electron chi connectivity index (χ2n) is 7.36. The molecule has 0 spiro atoms. The zero-order valence-corrected chi connectivity index (χ0v) is 16.1. The van der Waals surface area contributed by atoms with Gasteiger partial charge in [0.15, 0.2) is 11.6 Å². The molecule has 3 heterocycles. The second kappa shape index (κ2) is 6.64. The summed E-state index contributed by atoms with van der Waals surface area (Å²) in [7, 11) is 1.81. The molecule has 1 amide bonds. The van der Waals surface area contributed by atoms with E-state index in [1.807, 2.05) is 60.0 Å². The van der Waals surface area contributed by atoms with Gasteiger partial charge in [0.2, 0.25) is 0 Å². The van der Waals surface area contributed by atoms with Crippen LogP contribution in [0.15, 0.2) is 36.4 Å². The lowest BCUT2D eigenvalue weighted by Gasteiger charge is -2.37. The highest BCUT2D eigenvalue weighted by Gasteiger charge is 2.37. The molecular weight excluding hydrogens is 340 g/mol. The quantitative estimate of drug-likeness (QED) is 0.717. The van der Waals surface area contributed by atoms with E-state index in [1.165, 1.54) is 0 Å². The number of benzene rings is 1. The zero-order chi connectivity index (χ0) is 19.1. The van der Waals surface area contributed by atoms with Crippen molar-refractivity contribution in [2.75, 3.05) is 6.54 Å². The summed E-state index contributed by atoms with van der Waals surface area (Å²) in [6, 6.07) is 11.7. The van der Waals surface area contributed by atoms with Gasteiger partial charge in [0.25, 0.3) is 5.91 Å². The van der Waals surface area contributed by atoms with E-state index >= 15 is 0 Å². The molecule has 2 aromatic heterocycles. The average molecular weight is 364 g/mol. The highest BCUT2D eigenvalue weighted by molar-refractivity contribution is 5.93. The van der Waals surface area contributed by atoms with Gasteiger partial charge in [-0.3, -0.25) is 9.48 Å². The third kappa shape index (κ3) is 3.03. The van der Waals surface area contributed by atoms with Crippen LogP contribution in [-0.4, -0.2) is 41.9 Å². The first-order valence-electron chi connectivity index (χ1n) is 9.27. The van der Waals surface area contributed by atoms with Crippen molar-refractivity contribution < 1.29 is 4.79 Å². The third-order valence-corrected chi connectivity index (χ3v) is 5.00. The van der Waals surface area contributed by atoms with E-state index in [1.54, 1.807) is 4.68 Å². The van der Waals surface area contributed by atoms with Crippen LogP contribution in [0, 0.1) is 12.8 Å². The van der Waals surface area contributed by atoms with Gasteiger partial charge in [-0.05, 0) is 18.9 Å². The lowest BCUT2D eigenvalue weighted by molar-refractivity contribution is 0.0525. The molecule has 0 fully saturated rings. The predicted octanol–water partition coefficient (Wildman–Crippen LogP) is 2.84. The highest BCUT2D eigenvalue weighted by Crippen LogP contribution is 2.33. The van der Waals surface area contributed by atoms with E-state index < -0.39 is 0 Å². The third-order valence-electron chi connectivity index (χ3n) is 5.00. The minimum Gasteiger partial charge on any atom is -0.325 e. The number of aromatic nitrogens is 5. The molecule has 0 radical (unpaired) electrons. The summed E-state index contributed by atoms with van der Waals surface area (Å²) in [5.41, 5.74) is 2.44. The van der Waals surface area contributed by atoms with Crippen molar-refractivity contribution in [3.05, 3.63) is 53.6 Å². The number of fused-ring (bicyclic) bond motifs is 1. The Hall–Kier alpha value is -2.96. The smallest absolute Gasteiger partial charge is 0.272 e. The Morgan fingerprint density at radius 2 is 1.89 bits per heavy atom. The first-order chi connectivity index (χ1) is 13.0. The summed E-state index contributed by atoms with van der Waals surface area (Å²) in [5.74, 6) is 1.77. The molecule has 1 aliphatic heterocycles.